The summed E-state index contributed by atoms with van der Waals surface area (Å²) in [6.07, 6.45) is 1.73. The molecular formula is C24H23N3O3S. The lowest BCUT2D eigenvalue weighted by atomic mass is 10.1. The summed E-state index contributed by atoms with van der Waals surface area (Å²) < 4.78 is 28.2. The van der Waals surface area contributed by atoms with Gasteiger partial charge >= 0.3 is 0 Å². The number of hydrogen-bond acceptors (Lipinski definition) is 3. The lowest BCUT2D eigenvalue weighted by molar-refractivity contribution is -0.114. The summed E-state index contributed by atoms with van der Waals surface area (Å²) in [4.78, 5) is 14.7. The van der Waals surface area contributed by atoms with E-state index < -0.39 is 10.0 Å². The Labute approximate surface area is 181 Å². The highest BCUT2D eigenvalue weighted by Gasteiger charge is 2.25. The average Bonchev–Trinajstić information content (AvgIpc) is 3.18. The van der Waals surface area contributed by atoms with Crippen molar-refractivity contribution < 1.29 is 13.2 Å². The van der Waals surface area contributed by atoms with Crippen molar-refractivity contribution in [3.05, 3.63) is 79.0 Å². The summed E-state index contributed by atoms with van der Waals surface area (Å²) >= 11 is 0. The Morgan fingerprint density at radius 2 is 1.71 bits per heavy atom. The van der Waals surface area contributed by atoms with Gasteiger partial charge in [-0.25, -0.2) is 8.42 Å². The molecule has 1 aromatic heterocycles. The van der Waals surface area contributed by atoms with Crippen molar-refractivity contribution in [1.82, 2.24) is 4.98 Å². The Morgan fingerprint density at radius 1 is 0.968 bits per heavy atom. The molecule has 0 fully saturated rings. The van der Waals surface area contributed by atoms with Crippen molar-refractivity contribution >= 4 is 38.2 Å². The number of para-hydroxylation sites is 1. The first-order chi connectivity index (χ1) is 14.9. The van der Waals surface area contributed by atoms with Crippen LogP contribution in [-0.2, 0) is 14.8 Å². The van der Waals surface area contributed by atoms with E-state index in [2.05, 4.69) is 10.3 Å². The number of carbonyl (C=O) groups is 1. The maximum Gasteiger partial charge on any atom is 0.264 e. The predicted octanol–water partition coefficient (Wildman–Crippen LogP) is 5.01. The van der Waals surface area contributed by atoms with E-state index in [-0.39, 0.29) is 10.8 Å². The van der Waals surface area contributed by atoms with Gasteiger partial charge in [0.2, 0.25) is 5.91 Å². The van der Waals surface area contributed by atoms with Gasteiger partial charge in [-0.2, -0.15) is 0 Å². The molecule has 0 aliphatic rings. The number of fused-ring (bicyclic) bond motifs is 1. The maximum absolute atomic E-state index is 13.4. The predicted molar refractivity (Wildman–Crippen MR) is 125 cm³/mol. The molecule has 158 valence electrons. The fourth-order valence-corrected chi connectivity index (χ4v) is 5.14. The van der Waals surface area contributed by atoms with Crippen LogP contribution in [0, 0.1) is 0 Å². The van der Waals surface area contributed by atoms with Crippen molar-refractivity contribution in [3.63, 3.8) is 0 Å². The summed E-state index contributed by atoms with van der Waals surface area (Å²) in [6, 6.07) is 21.9. The molecule has 0 aliphatic carbocycles. The third-order valence-electron chi connectivity index (χ3n) is 5.08. The largest absolute Gasteiger partial charge is 0.359 e. The molecule has 0 atom stereocenters. The van der Waals surface area contributed by atoms with Crippen LogP contribution in [-0.4, -0.2) is 25.9 Å². The molecule has 0 unspecified atom stereocenters. The van der Waals surface area contributed by atoms with Gasteiger partial charge in [0.1, 0.15) is 0 Å². The number of H-pyrrole nitrogens is 1. The third kappa shape index (κ3) is 4.04. The van der Waals surface area contributed by atoms with Crippen molar-refractivity contribution in [2.45, 2.75) is 18.7 Å². The summed E-state index contributed by atoms with van der Waals surface area (Å²) in [6.45, 7) is 3.59. The average molecular weight is 434 g/mol. The number of aromatic amines is 1. The van der Waals surface area contributed by atoms with E-state index in [1.165, 1.54) is 11.2 Å². The minimum absolute atomic E-state index is 0.143. The van der Waals surface area contributed by atoms with Gasteiger partial charge in [0.05, 0.1) is 10.6 Å². The van der Waals surface area contributed by atoms with Crippen LogP contribution in [0.25, 0.3) is 22.0 Å². The molecule has 7 heteroatoms. The Morgan fingerprint density at radius 3 is 2.42 bits per heavy atom. The second-order valence-electron chi connectivity index (χ2n) is 7.18. The summed E-state index contributed by atoms with van der Waals surface area (Å²) in [5.41, 5.74) is 3.96. The van der Waals surface area contributed by atoms with E-state index in [1.807, 2.05) is 55.5 Å². The molecule has 0 bridgehead atoms. The SMILES string of the molecule is CCN(c1c[nH]c2ccccc12)S(=O)(=O)c1ccc(-c2cccc(NC(C)=O)c2)cc1. The number of carbonyl (C=O) groups excluding carboxylic acids is 1. The van der Waals surface area contributed by atoms with E-state index in [1.54, 1.807) is 30.5 Å². The molecule has 0 saturated carbocycles. The summed E-state index contributed by atoms with van der Waals surface area (Å²) in [7, 11) is -3.73. The lowest BCUT2D eigenvalue weighted by Gasteiger charge is -2.22. The van der Waals surface area contributed by atoms with Gasteiger partial charge < -0.3 is 10.3 Å². The first-order valence-electron chi connectivity index (χ1n) is 9.97. The van der Waals surface area contributed by atoms with Gasteiger partial charge in [-0.15, -0.1) is 0 Å². The van der Waals surface area contributed by atoms with Crippen molar-refractivity contribution in [2.24, 2.45) is 0 Å². The fourth-order valence-electron chi connectivity index (χ4n) is 3.66. The fraction of sp³-hybridized carbons (Fsp3) is 0.125. The second-order valence-corrected chi connectivity index (χ2v) is 9.04. The topological polar surface area (TPSA) is 82.3 Å². The standard InChI is InChI=1S/C24H23N3O3S/c1-3-27(24-16-25-23-10-5-4-9-22(23)24)31(29,30)21-13-11-18(12-14-21)19-7-6-8-20(15-19)26-17(2)28/h4-16,25H,3H2,1-2H3,(H,26,28). The smallest absolute Gasteiger partial charge is 0.264 e. The molecule has 2 N–H and O–H groups in total. The highest BCUT2D eigenvalue weighted by Crippen LogP contribution is 2.32. The quantitative estimate of drug-likeness (QED) is 0.448. The number of nitrogens with one attached hydrogen (secondary N) is 2. The highest BCUT2D eigenvalue weighted by atomic mass is 32.2. The first kappa shape index (κ1) is 20.7. The van der Waals surface area contributed by atoms with Gasteiger partial charge in [0, 0.05) is 36.3 Å². The minimum atomic E-state index is -3.73. The molecule has 3 aromatic carbocycles. The molecule has 1 amide bonds. The molecule has 4 aromatic rings. The Kier molecular flexibility index (Phi) is 5.52. The van der Waals surface area contributed by atoms with Crippen LogP contribution in [0.5, 0.6) is 0 Å². The van der Waals surface area contributed by atoms with Crippen molar-refractivity contribution in [2.75, 3.05) is 16.2 Å². The van der Waals surface area contributed by atoms with Crippen LogP contribution in [0.3, 0.4) is 0 Å². The Balaban J connectivity index is 1.67. The van der Waals surface area contributed by atoms with E-state index in [9.17, 15) is 13.2 Å². The molecule has 31 heavy (non-hydrogen) atoms. The van der Waals surface area contributed by atoms with E-state index in [0.717, 1.165) is 22.0 Å². The zero-order valence-electron chi connectivity index (χ0n) is 17.3. The molecule has 6 nitrogen and oxygen atoms in total. The maximum atomic E-state index is 13.4. The van der Waals surface area contributed by atoms with Crippen LogP contribution in [0.1, 0.15) is 13.8 Å². The van der Waals surface area contributed by atoms with Gasteiger partial charge in [0.15, 0.2) is 0 Å². The zero-order valence-corrected chi connectivity index (χ0v) is 18.1. The molecule has 0 spiro atoms. The van der Waals surface area contributed by atoms with Crippen molar-refractivity contribution in [3.8, 4) is 11.1 Å². The van der Waals surface area contributed by atoms with Crippen LogP contribution >= 0.6 is 0 Å². The first-order valence-corrected chi connectivity index (χ1v) is 11.4. The Bertz CT molecular complexity index is 1340. The number of aromatic nitrogens is 1. The number of rotatable bonds is 6. The highest BCUT2D eigenvalue weighted by molar-refractivity contribution is 7.92. The molecule has 0 radical (unpaired) electrons. The molecule has 4 rings (SSSR count). The van der Waals surface area contributed by atoms with Crippen LogP contribution in [0.15, 0.2) is 83.9 Å². The minimum Gasteiger partial charge on any atom is -0.359 e. The molecular weight excluding hydrogens is 410 g/mol. The number of nitrogens with zero attached hydrogens (tertiary/aromatic N) is 1. The van der Waals surface area contributed by atoms with Gasteiger partial charge in [-0.05, 0) is 48.4 Å². The van der Waals surface area contributed by atoms with Gasteiger partial charge in [-0.1, -0.05) is 42.5 Å². The van der Waals surface area contributed by atoms with E-state index >= 15 is 0 Å². The summed E-state index contributed by atoms with van der Waals surface area (Å²) in [5.74, 6) is -0.143. The van der Waals surface area contributed by atoms with Crippen molar-refractivity contribution in [1.29, 1.82) is 0 Å². The van der Waals surface area contributed by atoms with Crippen LogP contribution < -0.4 is 9.62 Å². The monoisotopic (exact) mass is 433 g/mol. The number of hydrogen-bond donors (Lipinski definition) is 2. The molecule has 0 aliphatic heterocycles. The van der Waals surface area contributed by atoms with E-state index in [0.29, 0.717) is 17.9 Å². The Hall–Kier alpha value is -3.58. The number of amides is 1. The number of benzene rings is 3. The van der Waals surface area contributed by atoms with Crippen LogP contribution in [0.4, 0.5) is 11.4 Å². The third-order valence-corrected chi connectivity index (χ3v) is 6.98. The van der Waals surface area contributed by atoms with Gasteiger partial charge in [0.25, 0.3) is 10.0 Å². The van der Waals surface area contributed by atoms with Gasteiger partial charge in [-0.3, -0.25) is 9.10 Å². The number of anilines is 2. The molecule has 1 heterocycles. The van der Waals surface area contributed by atoms with E-state index in [4.69, 9.17) is 0 Å². The normalized spacial score (nSPS) is 11.4. The zero-order chi connectivity index (χ0) is 22.0. The second kappa shape index (κ2) is 8.28. The summed E-state index contributed by atoms with van der Waals surface area (Å²) in [5, 5.41) is 3.62. The number of sulfonamides is 1. The lowest BCUT2D eigenvalue weighted by Crippen LogP contribution is -2.30. The molecule has 0 saturated heterocycles. The van der Waals surface area contributed by atoms with Crippen LogP contribution in [0.2, 0.25) is 0 Å².